The van der Waals surface area contributed by atoms with Crippen LogP contribution in [0.5, 0.6) is 11.5 Å². The number of thioether (sulfide) groups is 1. The van der Waals surface area contributed by atoms with Crippen molar-refractivity contribution in [1.29, 1.82) is 0 Å². The predicted octanol–water partition coefficient (Wildman–Crippen LogP) is 7.39. The minimum atomic E-state index is -0.388. The Morgan fingerprint density at radius 1 is 0.977 bits per heavy atom. The number of carbonyl (C=O) groups excluding carboxylic acids is 2. The SMILES string of the molecule is COc1cccc(C=CC(=O)NCC(=O)N(C)N2c3c(OCc4c(Cl)cccc4Cl)cccc3SC2c2ccccc2)c1. The van der Waals surface area contributed by atoms with E-state index in [-0.39, 0.29) is 30.3 Å². The van der Waals surface area contributed by atoms with Gasteiger partial charge in [-0.05, 0) is 53.6 Å². The van der Waals surface area contributed by atoms with Gasteiger partial charge in [-0.1, -0.05) is 89.6 Å². The first-order valence-electron chi connectivity index (χ1n) is 13.4. The first-order valence-corrected chi connectivity index (χ1v) is 15.0. The van der Waals surface area contributed by atoms with Crippen molar-refractivity contribution in [3.05, 3.63) is 124 Å². The largest absolute Gasteiger partial charge is 0.497 e. The molecule has 0 radical (unpaired) electrons. The standard InChI is InChI=1S/C33H29Cl2N3O4S/c1-37(31(40)20-36-30(39)18-17-22-9-6-12-24(19-22)41-2)38-32-28(42-21-25-26(34)13-7-14-27(25)35)15-8-16-29(32)43-33(38)23-10-4-3-5-11-23/h3-19,33H,20-21H2,1-2H3,(H,36,39). The third kappa shape index (κ3) is 7.10. The Morgan fingerprint density at radius 2 is 1.70 bits per heavy atom. The highest BCUT2D eigenvalue weighted by Gasteiger charge is 2.38. The van der Waals surface area contributed by atoms with Gasteiger partial charge in [0.05, 0.1) is 13.7 Å². The van der Waals surface area contributed by atoms with E-state index in [9.17, 15) is 9.59 Å². The minimum absolute atomic E-state index is 0.150. The van der Waals surface area contributed by atoms with Gasteiger partial charge in [-0.3, -0.25) is 19.6 Å². The number of ether oxygens (including phenoxy) is 2. The van der Waals surface area contributed by atoms with Crippen LogP contribution in [0.3, 0.4) is 0 Å². The Hall–Kier alpha value is -4.11. The Morgan fingerprint density at radius 3 is 2.44 bits per heavy atom. The topological polar surface area (TPSA) is 71.1 Å². The normalized spacial score (nSPS) is 14.0. The number of anilines is 1. The molecule has 220 valence electrons. The third-order valence-corrected chi connectivity index (χ3v) is 8.78. The molecule has 43 heavy (non-hydrogen) atoms. The predicted molar refractivity (Wildman–Crippen MR) is 173 cm³/mol. The van der Waals surface area contributed by atoms with Crippen molar-refractivity contribution in [3.8, 4) is 11.5 Å². The molecule has 1 heterocycles. The summed E-state index contributed by atoms with van der Waals surface area (Å²) in [5.41, 5.74) is 3.23. The molecule has 5 rings (SSSR count). The van der Waals surface area contributed by atoms with E-state index in [1.165, 1.54) is 11.1 Å². The number of benzene rings is 4. The molecule has 0 aromatic heterocycles. The number of fused-ring (bicyclic) bond motifs is 1. The summed E-state index contributed by atoms with van der Waals surface area (Å²) in [7, 11) is 3.27. The van der Waals surface area contributed by atoms with Gasteiger partial charge < -0.3 is 14.8 Å². The van der Waals surface area contributed by atoms with E-state index in [2.05, 4.69) is 5.32 Å². The number of para-hydroxylation sites is 1. The number of halogens is 2. The quantitative estimate of drug-likeness (QED) is 0.184. The summed E-state index contributed by atoms with van der Waals surface area (Å²) in [6.45, 7) is -0.0507. The van der Waals surface area contributed by atoms with Crippen LogP contribution in [-0.2, 0) is 16.2 Å². The van der Waals surface area contributed by atoms with E-state index in [4.69, 9.17) is 32.7 Å². The number of rotatable bonds is 10. The van der Waals surface area contributed by atoms with Gasteiger partial charge in [0.1, 0.15) is 29.2 Å². The lowest BCUT2D eigenvalue weighted by atomic mass is 10.2. The highest BCUT2D eigenvalue weighted by atomic mass is 35.5. The maximum absolute atomic E-state index is 13.5. The second-order valence-electron chi connectivity index (χ2n) is 9.56. The molecule has 7 nitrogen and oxygen atoms in total. The number of likely N-dealkylation sites (N-methyl/N-ethyl adjacent to an activating group) is 1. The molecule has 10 heteroatoms. The van der Waals surface area contributed by atoms with E-state index in [0.717, 1.165) is 21.7 Å². The van der Waals surface area contributed by atoms with Crippen LogP contribution in [0, 0.1) is 0 Å². The molecule has 4 aromatic carbocycles. The monoisotopic (exact) mass is 633 g/mol. The molecule has 0 spiro atoms. The van der Waals surface area contributed by atoms with Gasteiger partial charge in [0.15, 0.2) is 0 Å². The molecule has 0 bridgehead atoms. The number of amides is 2. The van der Waals surface area contributed by atoms with E-state index in [1.54, 1.807) is 50.2 Å². The van der Waals surface area contributed by atoms with Gasteiger partial charge in [-0.25, -0.2) is 0 Å². The summed E-state index contributed by atoms with van der Waals surface area (Å²) in [6.07, 6.45) is 3.06. The second kappa shape index (κ2) is 13.9. The van der Waals surface area contributed by atoms with Crippen molar-refractivity contribution in [2.45, 2.75) is 16.9 Å². The van der Waals surface area contributed by atoms with Gasteiger partial charge in [0, 0.05) is 33.6 Å². The number of hydrazine groups is 1. The lowest BCUT2D eigenvalue weighted by molar-refractivity contribution is -0.131. The van der Waals surface area contributed by atoms with Gasteiger partial charge >= 0.3 is 0 Å². The van der Waals surface area contributed by atoms with Gasteiger partial charge in [-0.15, -0.1) is 0 Å². The first kappa shape index (κ1) is 30.4. The minimum Gasteiger partial charge on any atom is -0.497 e. The fourth-order valence-electron chi connectivity index (χ4n) is 4.55. The zero-order valence-electron chi connectivity index (χ0n) is 23.5. The van der Waals surface area contributed by atoms with Crippen LogP contribution >= 0.6 is 35.0 Å². The Bertz CT molecular complexity index is 1630. The van der Waals surface area contributed by atoms with E-state index >= 15 is 0 Å². The summed E-state index contributed by atoms with van der Waals surface area (Å²) < 4.78 is 11.5. The van der Waals surface area contributed by atoms with Crippen LogP contribution in [0.1, 0.15) is 22.1 Å². The Balaban J connectivity index is 1.36. The van der Waals surface area contributed by atoms with Crippen LogP contribution in [0.4, 0.5) is 5.69 Å². The zero-order chi connectivity index (χ0) is 30.3. The van der Waals surface area contributed by atoms with Crippen molar-refractivity contribution >= 4 is 58.5 Å². The smallest absolute Gasteiger partial charge is 0.260 e. The van der Waals surface area contributed by atoms with Crippen LogP contribution in [0.2, 0.25) is 10.0 Å². The fourth-order valence-corrected chi connectivity index (χ4v) is 6.40. The van der Waals surface area contributed by atoms with Gasteiger partial charge in [0.25, 0.3) is 5.91 Å². The summed E-state index contributed by atoms with van der Waals surface area (Å²) in [4.78, 5) is 27.0. The van der Waals surface area contributed by atoms with Crippen LogP contribution < -0.4 is 19.8 Å². The van der Waals surface area contributed by atoms with Crippen molar-refractivity contribution < 1.29 is 19.1 Å². The molecular weight excluding hydrogens is 605 g/mol. The Kier molecular flexibility index (Phi) is 9.82. The summed E-state index contributed by atoms with van der Waals surface area (Å²) in [5.74, 6) is 0.571. The lowest BCUT2D eigenvalue weighted by Crippen LogP contribution is -2.48. The molecular formula is C33H29Cl2N3O4S. The molecule has 1 unspecified atom stereocenters. The third-order valence-electron chi connectivity index (χ3n) is 6.79. The average molecular weight is 635 g/mol. The second-order valence-corrected chi connectivity index (χ2v) is 11.5. The molecule has 4 aromatic rings. The van der Waals surface area contributed by atoms with Crippen molar-refractivity contribution in [1.82, 2.24) is 10.3 Å². The fraction of sp³-hybridized carbons (Fsp3) is 0.152. The maximum Gasteiger partial charge on any atom is 0.260 e. The number of methoxy groups -OCH3 is 1. The highest BCUT2D eigenvalue weighted by molar-refractivity contribution is 8.00. The number of carbonyl (C=O) groups is 2. The summed E-state index contributed by atoms with van der Waals surface area (Å²) in [5, 5.41) is 6.90. The van der Waals surface area contributed by atoms with Crippen LogP contribution in [0.15, 0.2) is 102 Å². The van der Waals surface area contributed by atoms with Gasteiger partial charge in [-0.2, -0.15) is 0 Å². The number of hydrogen-bond donors (Lipinski definition) is 1. The summed E-state index contributed by atoms with van der Waals surface area (Å²) in [6, 6.07) is 28.3. The first-order chi connectivity index (χ1) is 20.9. The molecule has 1 aliphatic rings. The lowest BCUT2D eigenvalue weighted by Gasteiger charge is -2.35. The zero-order valence-corrected chi connectivity index (χ0v) is 25.8. The van der Waals surface area contributed by atoms with Gasteiger partial charge in [0.2, 0.25) is 5.91 Å². The van der Waals surface area contributed by atoms with Crippen molar-refractivity contribution in [3.63, 3.8) is 0 Å². The molecule has 0 aliphatic carbocycles. The molecule has 1 atom stereocenters. The van der Waals surface area contributed by atoms with Crippen LogP contribution in [-0.4, -0.2) is 37.5 Å². The number of nitrogens with zero attached hydrogens (tertiary/aromatic N) is 2. The number of hydrogen-bond acceptors (Lipinski definition) is 6. The van der Waals surface area contributed by atoms with Crippen molar-refractivity contribution in [2.24, 2.45) is 0 Å². The Labute approximate surface area is 265 Å². The molecule has 1 aliphatic heterocycles. The number of nitrogens with one attached hydrogen (secondary N) is 1. The molecule has 0 fully saturated rings. The molecule has 0 saturated carbocycles. The van der Waals surface area contributed by atoms with E-state index in [1.807, 2.05) is 77.8 Å². The maximum atomic E-state index is 13.5. The molecule has 1 N–H and O–H groups in total. The average Bonchev–Trinajstić information content (AvgIpc) is 3.43. The summed E-state index contributed by atoms with van der Waals surface area (Å²) >= 11 is 14.4. The van der Waals surface area contributed by atoms with Crippen molar-refractivity contribution in [2.75, 3.05) is 25.7 Å². The molecule has 0 saturated heterocycles. The van der Waals surface area contributed by atoms with Crippen LogP contribution in [0.25, 0.3) is 6.08 Å². The molecule has 2 amide bonds. The van der Waals surface area contributed by atoms with E-state index in [0.29, 0.717) is 27.1 Å². The van der Waals surface area contributed by atoms with E-state index < -0.39 is 0 Å². The highest BCUT2D eigenvalue weighted by Crippen LogP contribution is 2.55.